The first-order valence-corrected chi connectivity index (χ1v) is 13.1. The molecule has 3 aromatic rings. The third-order valence-electron chi connectivity index (χ3n) is 5.93. The Morgan fingerprint density at radius 2 is 2.06 bits per heavy atom. The van der Waals surface area contributed by atoms with Crippen molar-refractivity contribution in [3.05, 3.63) is 35.1 Å². The van der Waals surface area contributed by atoms with Crippen molar-refractivity contribution >= 4 is 40.4 Å². The number of hydrogen-bond donors (Lipinski definition) is 0. The number of methoxy groups -OCH3 is 1. The van der Waals surface area contributed by atoms with Crippen molar-refractivity contribution in [2.24, 2.45) is 5.92 Å². The number of rotatable bonds is 11. The highest BCUT2D eigenvalue weighted by Crippen LogP contribution is 2.36. The van der Waals surface area contributed by atoms with Crippen LogP contribution in [0.25, 0.3) is 17.0 Å². The molecule has 1 aliphatic rings. The van der Waals surface area contributed by atoms with Crippen molar-refractivity contribution in [2.75, 3.05) is 32.7 Å². The molecule has 0 bridgehead atoms. The Balaban J connectivity index is 1.63. The molecule has 0 saturated heterocycles. The summed E-state index contributed by atoms with van der Waals surface area (Å²) in [5.41, 5.74) is 2.00. The van der Waals surface area contributed by atoms with E-state index in [0.29, 0.717) is 36.4 Å². The number of fused-ring (bicyclic) bond motifs is 1. The zero-order valence-corrected chi connectivity index (χ0v) is 21.2. The van der Waals surface area contributed by atoms with E-state index in [1.807, 2.05) is 16.7 Å². The second-order valence-corrected chi connectivity index (χ2v) is 9.82. The summed E-state index contributed by atoms with van der Waals surface area (Å²) < 4.78 is 19.4. The number of benzene rings is 1. The minimum atomic E-state index is -0.419. The molecule has 0 spiro atoms. The first-order valence-electron chi connectivity index (χ1n) is 11.7. The Kier molecular flexibility index (Phi) is 8.88. The fourth-order valence-corrected chi connectivity index (χ4v) is 5.60. The summed E-state index contributed by atoms with van der Waals surface area (Å²) in [6.45, 7) is 3.24. The minimum absolute atomic E-state index is 0.245. The lowest BCUT2D eigenvalue weighted by Gasteiger charge is -2.21. The molecule has 0 aliphatic heterocycles. The summed E-state index contributed by atoms with van der Waals surface area (Å²) in [7, 11) is 1.63. The predicted octanol–water partition coefficient (Wildman–Crippen LogP) is 5.35. The van der Waals surface area contributed by atoms with Crippen molar-refractivity contribution in [1.29, 1.82) is 0 Å². The molecular weight excluding hydrogens is 476 g/mol. The molecule has 1 saturated carbocycles. The summed E-state index contributed by atoms with van der Waals surface area (Å²) in [5.74, 6) is 1.94. The largest absolute Gasteiger partial charge is 0.462 e. The zero-order chi connectivity index (χ0) is 23.9. The van der Waals surface area contributed by atoms with Crippen molar-refractivity contribution in [1.82, 2.24) is 19.3 Å². The topological polar surface area (TPSA) is 80.4 Å². The lowest BCUT2D eigenvalue weighted by Crippen LogP contribution is -2.12. The van der Waals surface area contributed by atoms with Crippen LogP contribution in [0.15, 0.2) is 29.4 Å². The predicted molar refractivity (Wildman–Crippen MR) is 133 cm³/mol. The molecule has 4 rings (SSSR count). The first-order chi connectivity index (χ1) is 16.6. The van der Waals surface area contributed by atoms with Crippen LogP contribution >= 0.6 is 23.4 Å². The maximum absolute atomic E-state index is 12.1. The number of thioether (sulfide) groups is 1. The molecule has 0 amide bonds. The minimum Gasteiger partial charge on any atom is -0.462 e. The number of halogens is 1. The molecule has 1 fully saturated rings. The van der Waals surface area contributed by atoms with Crippen LogP contribution in [0, 0.1) is 5.92 Å². The van der Waals surface area contributed by atoms with Crippen LogP contribution < -0.4 is 0 Å². The molecule has 0 N–H and O–H groups in total. The van der Waals surface area contributed by atoms with Gasteiger partial charge in [0.05, 0.1) is 47.6 Å². The molecule has 8 nitrogen and oxygen atoms in total. The van der Waals surface area contributed by atoms with Crippen LogP contribution in [0.1, 0.15) is 49.4 Å². The van der Waals surface area contributed by atoms with Gasteiger partial charge in [0.15, 0.2) is 0 Å². The SMILES string of the molecule is CCOC(=O)c1cnn(-c2nc3cc(SCC4CCCCC4)c(Cl)cc3n2COCCOC)c1. The zero-order valence-electron chi connectivity index (χ0n) is 19.7. The molecule has 10 heteroatoms. The Labute approximate surface area is 208 Å². The standard InChI is InChI=1S/C24H31ClN4O4S/c1-3-33-23(30)18-13-26-29(14-18)24-27-20-12-22(34-15-17-7-5-4-6-8-17)19(25)11-21(20)28(24)16-32-10-9-31-2/h11-14,17H,3-10,15-16H2,1-2H3. The Morgan fingerprint density at radius 1 is 1.24 bits per heavy atom. The van der Waals surface area contributed by atoms with Gasteiger partial charge >= 0.3 is 5.97 Å². The van der Waals surface area contributed by atoms with Crippen molar-refractivity contribution < 1.29 is 19.0 Å². The summed E-state index contributed by atoms with van der Waals surface area (Å²) in [5, 5.41) is 5.05. The fraction of sp³-hybridized carbons (Fsp3) is 0.542. The Hall–Kier alpha value is -2.07. The second kappa shape index (κ2) is 12.1. The molecule has 34 heavy (non-hydrogen) atoms. The number of nitrogens with zero attached hydrogens (tertiary/aromatic N) is 4. The average molecular weight is 507 g/mol. The number of carbonyl (C=O) groups excluding carboxylic acids is 1. The number of ether oxygens (including phenoxy) is 3. The van der Waals surface area contributed by atoms with Gasteiger partial charge in [0, 0.05) is 24.0 Å². The van der Waals surface area contributed by atoms with Gasteiger partial charge < -0.3 is 14.2 Å². The number of hydrogen-bond acceptors (Lipinski definition) is 7. The number of esters is 1. The Bertz CT molecular complexity index is 1110. The molecule has 184 valence electrons. The number of aromatic nitrogens is 4. The van der Waals surface area contributed by atoms with Gasteiger partial charge in [0.2, 0.25) is 5.95 Å². The van der Waals surface area contributed by atoms with Gasteiger partial charge in [0.1, 0.15) is 6.73 Å². The van der Waals surface area contributed by atoms with Crippen LogP contribution in [-0.2, 0) is 20.9 Å². The highest BCUT2D eigenvalue weighted by atomic mass is 35.5. The third-order valence-corrected chi connectivity index (χ3v) is 7.64. The maximum atomic E-state index is 12.1. The quantitative estimate of drug-likeness (QED) is 0.197. The maximum Gasteiger partial charge on any atom is 0.341 e. The van der Waals surface area contributed by atoms with Gasteiger partial charge in [-0.05, 0) is 37.8 Å². The van der Waals surface area contributed by atoms with Crippen LogP contribution in [0.3, 0.4) is 0 Å². The fourth-order valence-electron chi connectivity index (χ4n) is 4.14. The van der Waals surface area contributed by atoms with Gasteiger partial charge in [-0.2, -0.15) is 5.10 Å². The van der Waals surface area contributed by atoms with Crippen molar-refractivity contribution in [3.63, 3.8) is 0 Å². The van der Waals surface area contributed by atoms with Crippen molar-refractivity contribution in [3.8, 4) is 5.95 Å². The highest BCUT2D eigenvalue weighted by Gasteiger charge is 2.19. The van der Waals surface area contributed by atoms with E-state index in [-0.39, 0.29) is 6.73 Å². The molecule has 1 aromatic carbocycles. The summed E-state index contributed by atoms with van der Waals surface area (Å²) >= 11 is 8.51. The van der Waals surface area contributed by atoms with Gasteiger partial charge in [-0.15, -0.1) is 11.8 Å². The molecular formula is C24H31ClN4O4S. The van der Waals surface area contributed by atoms with E-state index in [9.17, 15) is 4.79 Å². The smallest absolute Gasteiger partial charge is 0.341 e. The van der Waals surface area contributed by atoms with E-state index in [1.54, 1.807) is 36.7 Å². The summed E-state index contributed by atoms with van der Waals surface area (Å²) in [4.78, 5) is 18.0. The van der Waals surface area contributed by atoms with Crippen LogP contribution in [0.2, 0.25) is 5.02 Å². The molecule has 0 radical (unpaired) electrons. The Morgan fingerprint density at radius 3 is 2.82 bits per heavy atom. The number of carbonyl (C=O) groups is 1. The summed E-state index contributed by atoms with van der Waals surface area (Å²) in [6, 6.07) is 3.97. The van der Waals surface area contributed by atoms with Gasteiger partial charge in [-0.1, -0.05) is 30.9 Å². The van der Waals surface area contributed by atoms with Crippen LogP contribution in [0.4, 0.5) is 0 Å². The van der Waals surface area contributed by atoms with Gasteiger partial charge in [-0.25, -0.2) is 14.5 Å². The van der Waals surface area contributed by atoms with Crippen LogP contribution in [0.5, 0.6) is 0 Å². The highest BCUT2D eigenvalue weighted by molar-refractivity contribution is 7.99. The van der Waals surface area contributed by atoms with E-state index < -0.39 is 5.97 Å². The molecule has 0 atom stereocenters. The van der Waals surface area contributed by atoms with E-state index in [0.717, 1.165) is 27.6 Å². The van der Waals surface area contributed by atoms with Gasteiger partial charge in [-0.3, -0.25) is 4.57 Å². The normalized spacial score (nSPS) is 14.7. The molecule has 1 aliphatic carbocycles. The average Bonchev–Trinajstić information content (AvgIpc) is 3.46. The third kappa shape index (κ3) is 5.94. The monoisotopic (exact) mass is 506 g/mol. The lowest BCUT2D eigenvalue weighted by atomic mass is 9.91. The second-order valence-electron chi connectivity index (χ2n) is 8.35. The summed E-state index contributed by atoms with van der Waals surface area (Å²) in [6.07, 6.45) is 9.70. The lowest BCUT2D eigenvalue weighted by molar-refractivity contribution is 0.0356. The molecule has 2 heterocycles. The van der Waals surface area contributed by atoms with Gasteiger partial charge in [0.25, 0.3) is 0 Å². The first kappa shape index (κ1) is 25.0. The van der Waals surface area contributed by atoms with E-state index in [4.69, 9.17) is 30.8 Å². The molecule has 2 aromatic heterocycles. The number of imidazole rings is 1. The van der Waals surface area contributed by atoms with E-state index in [2.05, 4.69) is 5.10 Å². The van der Waals surface area contributed by atoms with Crippen LogP contribution in [-0.4, -0.2) is 58.0 Å². The molecule has 0 unspecified atom stereocenters. The van der Waals surface area contributed by atoms with E-state index >= 15 is 0 Å². The van der Waals surface area contributed by atoms with E-state index in [1.165, 1.54) is 38.3 Å². The van der Waals surface area contributed by atoms with Crippen molar-refractivity contribution in [2.45, 2.75) is 50.7 Å².